The van der Waals surface area contributed by atoms with Crippen molar-refractivity contribution in [1.82, 2.24) is 9.55 Å². The van der Waals surface area contributed by atoms with Crippen molar-refractivity contribution in [3.8, 4) is 5.82 Å². The molecule has 0 saturated carbocycles. The van der Waals surface area contributed by atoms with Crippen molar-refractivity contribution in [2.24, 2.45) is 0 Å². The quantitative estimate of drug-likeness (QED) is 0.706. The summed E-state index contributed by atoms with van der Waals surface area (Å²) in [5, 5.41) is 0. The minimum Gasteiger partial charge on any atom is -0.308 e. The summed E-state index contributed by atoms with van der Waals surface area (Å²) in [5.74, 6) is 0.968. The Morgan fingerprint density at radius 1 is 1.04 bits per heavy atom. The molecule has 0 fully saturated rings. The highest BCUT2D eigenvalue weighted by atomic mass is 32.2. The van der Waals surface area contributed by atoms with Crippen LogP contribution in [0.25, 0.3) is 5.82 Å². The number of aromatic nitrogens is 2. The van der Waals surface area contributed by atoms with Crippen LogP contribution in [0.15, 0.2) is 76.8 Å². The van der Waals surface area contributed by atoms with Gasteiger partial charge < -0.3 is 4.57 Å². The third kappa shape index (κ3) is 4.43. The lowest BCUT2D eigenvalue weighted by atomic mass is 9.99. The van der Waals surface area contributed by atoms with E-state index in [-0.39, 0.29) is 10.3 Å². The van der Waals surface area contributed by atoms with Gasteiger partial charge in [-0.15, -0.1) is 0 Å². The van der Waals surface area contributed by atoms with Crippen molar-refractivity contribution in [3.05, 3.63) is 82.9 Å². The number of rotatable bonds is 6. The Morgan fingerprint density at radius 2 is 1.70 bits per heavy atom. The zero-order chi connectivity index (χ0) is 19.4. The second-order valence-corrected chi connectivity index (χ2v) is 8.01. The summed E-state index contributed by atoms with van der Waals surface area (Å²) in [4.78, 5) is 15.6. The van der Waals surface area contributed by atoms with Gasteiger partial charge in [0, 0.05) is 24.5 Å². The summed E-state index contributed by atoms with van der Waals surface area (Å²) in [6.45, 7) is 4.21. The second kappa shape index (κ2) is 7.75. The van der Waals surface area contributed by atoms with Gasteiger partial charge in [-0.2, -0.15) is 0 Å². The Kier molecular flexibility index (Phi) is 5.41. The third-order valence-electron chi connectivity index (χ3n) is 4.44. The Morgan fingerprint density at radius 3 is 2.26 bits per heavy atom. The van der Waals surface area contributed by atoms with E-state index in [1.165, 1.54) is 18.3 Å². The van der Waals surface area contributed by atoms with Gasteiger partial charge in [-0.1, -0.05) is 26.0 Å². The van der Waals surface area contributed by atoms with Crippen LogP contribution in [-0.4, -0.2) is 18.0 Å². The number of sulfonamides is 1. The van der Waals surface area contributed by atoms with Crippen LogP contribution >= 0.6 is 0 Å². The molecule has 2 heterocycles. The van der Waals surface area contributed by atoms with E-state index in [2.05, 4.69) is 23.6 Å². The Labute approximate surface area is 158 Å². The van der Waals surface area contributed by atoms with E-state index in [1.54, 1.807) is 41.2 Å². The molecular weight excluding hydrogens is 362 g/mol. The Balaban J connectivity index is 1.77. The van der Waals surface area contributed by atoms with Crippen molar-refractivity contribution >= 4 is 15.7 Å². The highest BCUT2D eigenvalue weighted by Gasteiger charge is 2.15. The van der Waals surface area contributed by atoms with E-state index >= 15 is 0 Å². The molecule has 0 bridgehead atoms. The molecule has 1 N–H and O–H groups in total. The molecule has 1 atom stereocenters. The average molecular weight is 383 g/mol. The molecule has 0 aliphatic heterocycles. The minimum absolute atomic E-state index is 0.0880. The monoisotopic (exact) mass is 383 g/mol. The molecule has 0 spiro atoms. The standard InChI is InChI=1S/C20H21N3O3S/c1-3-15(2)16-4-7-19(8-5-16)27(25,26)22-17-6-9-20(21-14-17)23-12-10-18(24)11-13-23/h4-15,22H,3H2,1-2H3/t15-/m0/s1. The number of pyridine rings is 2. The van der Waals surface area contributed by atoms with Gasteiger partial charge in [-0.05, 0) is 42.2 Å². The zero-order valence-corrected chi connectivity index (χ0v) is 16.0. The SMILES string of the molecule is CC[C@H](C)c1ccc(S(=O)(=O)Nc2ccc(-n3ccc(=O)cc3)nc2)cc1. The van der Waals surface area contributed by atoms with Crippen molar-refractivity contribution in [2.45, 2.75) is 31.1 Å². The van der Waals surface area contributed by atoms with E-state index in [9.17, 15) is 13.2 Å². The summed E-state index contributed by atoms with van der Waals surface area (Å²) < 4.78 is 29.3. The molecule has 7 heteroatoms. The molecular formula is C20H21N3O3S. The van der Waals surface area contributed by atoms with Crippen LogP contribution in [0, 0.1) is 0 Å². The summed E-state index contributed by atoms with van der Waals surface area (Å²) in [6, 6.07) is 13.1. The number of anilines is 1. The largest absolute Gasteiger partial charge is 0.308 e. The van der Waals surface area contributed by atoms with Crippen LogP contribution in [0.3, 0.4) is 0 Å². The summed E-state index contributed by atoms with van der Waals surface area (Å²) in [6.07, 6.45) is 5.65. The van der Waals surface area contributed by atoms with Crippen molar-refractivity contribution in [2.75, 3.05) is 4.72 Å². The van der Waals surface area contributed by atoms with E-state index in [0.717, 1.165) is 12.0 Å². The Hall–Kier alpha value is -2.93. The average Bonchev–Trinajstić information content (AvgIpc) is 2.68. The lowest BCUT2D eigenvalue weighted by Crippen LogP contribution is -2.13. The molecule has 27 heavy (non-hydrogen) atoms. The molecule has 0 aliphatic carbocycles. The van der Waals surface area contributed by atoms with Gasteiger partial charge in [0.05, 0.1) is 16.8 Å². The van der Waals surface area contributed by atoms with Crippen LogP contribution in [0.1, 0.15) is 31.7 Å². The summed E-state index contributed by atoms with van der Waals surface area (Å²) >= 11 is 0. The zero-order valence-electron chi connectivity index (χ0n) is 15.2. The molecule has 0 amide bonds. The fourth-order valence-electron chi connectivity index (χ4n) is 2.59. The van der Waals surface area contributed by atoms with Crippen LogP contribution in [-0.2, 0) is 10.0 Å². The van der Waals surface area contributed by atoms with Gasteiger partial charge in [0.2, 0.25) is 0 Å². The molecule has 0 radical (unpaired) electrons. The molecule has 3 aromatic rings. The Bertz CT molecular complexity index is 1050. The molecule has 6 nitrogen and oxygen atoms in total. The van der Waals surface area contributed by atoms with Gasteiger partial charge in [-0.3, -0.25) is 9.52 Å². The van der Waals surface area contributed by atoms with Crippen LogP contribution < -0.4 is 10.2 Å². The van der Waals surface area contributed by atoms with Crippen molar-refractivity contribution in [1.29, 1.82) is 0 Å². The first-order chi connectivity index (χ1) is 12.9. The van der Waals surface area contributed by atoms with Crippen LogP contribution in [0.2, 0.25) is 0 Å². The highest BCUT2D eigenvalue weighted by Crippen LogP contribution is 2.22. The molecule has 0 aliphatic rings. The third-order valence-corrected chi connectivity index (χ3v) is 5.83. The molecule has 2 aromatic heterocycles. The first-order valence-electron chi connectivity index (χ1n) is 8.66. The first kappa shape index (κ1) is 18.8. The van der Waals surface area contributed by atoms with Crippen LogP contribution in [0.4, 0.5) is 5.69 Å². The fourth-order valence-corrected chi connectivity index (χ4v) is 3.63. The summed E-state index contributed by atoms with van der Waals surface area (Å²) in [7, 11) is -3.68. The van der Waals surface area contributed by atoms with Gasteiger partial charge in [0.25, 0.3) is 10.0 Å². The molecule has 140 valence electrons. The van der Waals surface area contributed by atoms with E-state index in [4.69, 9.17) is 0 Å². The van der Waals surface area contributed by atoms with Gasteiger partial charge in [0.15, 0.2) is 5.43 Å². The van der Waals surface area contributed by atoms with E-state index in [0.29, 0.717) is 17.4 Å². The highest BCUT2D eigenvalue weighted by molar-refractivity contribution is 7.92. The molecule has 3 rings (SSSR count). The topological polar surface area (TPSA) is 81.1 Å². The van der Waals surface area contributed by atoms with Crippen molar-refractivity contribution < 1.29 is 8.42 Å². The van der Waals surface area contributed by atoms with Crippen LogP contribution in [0.5, 0.6) is 0 Å². The predicted molar refractivity (Wildman–Crippen MR) is 106 cm³/mol. The number of hydrogen-bond acceptors (Lipinski definition) is 4. The normalized spacial score (nSPS) is 12.5. The number of hydrogen-bond donors (Lipinski definition) is 1. The fraction of sp³-hybridized carbons (Fsp3) is 0.200. The molecule has 0 saturated heterocycles. The van der Waals surface area contributed by atoms with Gasteiger partial charge >= 0.3 is 0 Å². The summed E-state index contributed by atoms with van der Waals surface area (Å²) in [5.41, 5.74) is 1.39. The number of nitrogens with zero attached hydrogens (tertiary/aromatic N) is 2. The molecule has 0 unspecified atom stereocenters. The number of nitrogens with one attached hydrogen (secondary N) is 1. The van der Waals surface area contributed by atoms with E-state index < -0.39 is 10.0 Å². The lowest BCUT2D eigenvalue weighted by molar-refractivity contribution is 0.601. The maximum absolute atomic E-state index is 12.6. The predicted octanol–water partition coefficient (Wildman–Crippen LogP) is 3.55. The van der Waals surface area contributed by atoms with E-state index in [1.807, 2.05) is 12.1 Å². The maximum Gasteiger partial charge on any atom is 0.261 e. The first-order valence-corrected chi connectivity index (χ1v) is 10.1. The smallest absolute Gasteiger partial charge is 0.261 e. The molecule has 1 aromatic carbocycles. The minimum atomic E-state index is -3.68. The van der Waals surface area contributed by atoms with Gasteiger partial charge in [0.1, 0.15) is 5.82 Å². The lowest BCUT2D eigenvalue weighted by Gasteiger charge is -2.12. The van der Waals surface area contributed by atoms with Gasteiger partial charge in [-0.25, -0.2) is 13.4 Å². The maximum atomic E-state index is 12.6. The second-order valence-electron chi connectivity index (χ2n) is 6.33. The number of benzene rings is 1. The van der Waals surface area contributed by atoms with Crippen molar-refractivity contribution in [3.63, 3.8) is 0 Å².